The van der Waals surface area contributed by atoms with Crippen LogP contribution in [0.1, 0.15) is 11.5 Å². The third kappa shape index (κ3) is 1.40. The summed E-state index contributed by atoms with van der Waals surface area (Å²) in [5.74, 6) is 1.34. The molecule has 0 spiro atoms. The molecule has 0 amide bonds. The van der Waals surface area contributed by atoms with Crippen LogP contribution in [0.5, 0.6) is 0 Å². The Bertz CT molecular complexity index is 409. The molecular weight excluding hydrogens is 194 g/mol. The van der Waals surface area contributed by atoms with Crippen LogP contribution in [0.4, 0.5) is 0 Å². The molecule has 0 aromatic carbocycles. The summed E-state index contributed by atoms with van der Waals surface area (Å²) < 4.78 is 4.52. The summed E-state index contributed by atoms with van der Waals surface area (Å²) in [4.78, 5) is 4.07. The third-order valence-corrected chi connectivity index (χ3v) is 1.78. The van der Waals surface area contributed by atoms with E-state index in [1.807, 2.05) is 0 Å². The van der Waals surface area contributed by atoms with Crippen LogP contribution in [-0.2, 0) is 5.88 Å². The smallest absolute Gasteiger partial charge is 0.205 e. The van der Waals surface area contributed by atoms with Gasteiger partial charge in [-0.2, -0.15) is 5.10 Å². The van der Waals surface area contributed by atoms with E-state index in [1.54, 1.807) is 6.92 Å². The van der Waals surface area contributed by atoms with Crippen LogP contribution in [0.15, 0.2) is 4.63 Å². The Labute approximate surface area is 78.3 Å². The first-order valence-electron chi connectivity index (χ1n) is 3.58. The number of hydrogen-bond donors (Lipinski definition) is 1. The molecule has 1 N–H and O–H groups in total. The quantitative estimate of drug-likeness (QED) is 0.727. The van der Waals surface area contributed by atoms with Crippen LogP contribution in [0, 0.1) is 6.92 Å². The zero-order valence-corrected chi connectivity index (χ0v) is 7.54. The molecule has 2 aromatic rings. The zero-order chi connectivity index (χ0) is 9.26. The summed E-state index contributed by atoms with van der Waals surface area (Å²) in [6, 6.07) is 0. The minimum absolute atomic E-state index is 0.289. The van der Waals surface area contributed by atoms with Crippen LogP contribution in [0.25, 0.3) is 11.5 Å². The van der Waals surface area contributed by atoms with Crippen molar-refractivity contribution in [3.63, 3.8) is 0 Å². The van der Waals surface area contributed by atoms with Crippen molar-refractivity contribution in [3.8, 4) is 11.5 Å². The second-order valence-electron chi connectivity index (χ2n) is 2.44. The minimum Gasteiger partial charge on any atom is -0.262 e. The van der Waals surface area contributed by atoms with E-state index in [9.17, 15) is 0 Å². The molecule has 2 heterocycles. The SMILES string of the molecule is Cc1nonc1-c1n[nH]c(CCl)n1. The van der Waals surface area contributed by atoms with Gasteiger partial charge in [0.25, 0.3) is 0 Å². The Hall–Kier alpha value is -1.43. The van der Waals surface area contributed by atoms with Gasteiger partial charge in [-0.1, -0.05) is 5.16 Å². The molecule has 0 aliphatic carbocycles. The number of aryl methyl sites for hydroxylation is 1. The Balaban J connectivity index is 2.41. The third-order valence-electron chi connectivity index (χ3n) is 1.52. The molecule has 68 valence electrons. The minimum atomic E-state index is 0.289. The van der Waals surface area contributed by atoms with Crippen LogP contribution in [0.2, 0.25) is 0 Å². The first-order valence-corrected chi connectivity index (χ1v) is 4.11. The Morgan fingerprint density at radius 3 is 2.85 bits per heavy atom. The summed E-state index contributed by atoms with van der Waals surface area (Å²) in [7, 11) is 0. The largest absolute Gasteiger partial charge is 0.262 e. The summed E-state index contributed by atoms with van der Waals surface area (Å²) in [5, 5.41) is 13.9. The van der Waals surface area contributed by atoms with Gasteiger partial charge in [0, 0.05) is 0 Å². The van der Waals surface area contributed by atoms with Crippen molar-refractivity contribution in [1.82, 2.24) is 25.5 Å². The fourth-order valence-corrected chi connectivity index (χ4v) is 1.01. The number of halogens is 1. The monoisotopic (exact) mass is 199 g/mol. The molecule has 7 heteroatoms. The molecule has 0 aliphatic heterocycles. The summed E-state index contributed by atoms with van der Waals surface area (Å²) >= 11 is 5.55. The van der Waals surface area contributed by atoms with Crippen molar-refractivity contribution in [2.24, 2.45) is 0 Å². The Morgan fingerprint density at radius 1 is 1.46 bits per heavy atom. The van der Waals surface area contributed by atoms with Crippen molar-refractivity contribution in [2.75, 3.05) is 0 Å². The van der Waals surface area contributed by atoms with Crippen molar-refractivity contribution in [1.29, 1.82) is 0 Å². The van der Waals surface area contributed by atoms with E-state index >= 15 is 0 Å². The predicted octanol–water partition coefficient (Wildman–Crippen LogP) is 0.902. The number of aromatic nitrogens is 5. The highest BCUT2D eigenvalue weighted by Crippen LogP contribution is 2.14. The van der Waals surface area contributed by atoms with E-state index in [0.29, 0.717) is 23.0 Å². The fraction of sp³-hybridized carbons (Fsp3) is 0.333. The molecule has 2 rings (SSSR count). The van der Waals surface area contributed by atoms with Crippen LogP contribution >= 0.6 is 11.6 Å². The first-order chi connectivity index (χ1) is 6.31. The van der Waals surface area contributed by atoms with Crippen molar-refractivity contribution in [3.05, 3.63) is 11.5 Å². The molecule has 0 radical (unpaired) electrons. The number of nitrogens with zero attached hydrogens (tertiary/aromatic N) is 4. The number of H-pyrrole nitrogens is 1. The maximum atomic E-state index is 5.55. The van der Waals surface area contributed by atoms with Gasteiger partial charge in [0.2, 0.25) is 5.82 Å². The van der Waals surface area contributed by atoms with Gasteiger partial charge in [-0.05, 0) is 12.1 Å². The number of nitrogens with one attached hydrogen (secondary N) is 1. The lowest BCUT2D eigenvalue weighted by atomic mass is 10.3. The highest BCUT2D eigenvalue weighted by molar-refractivity contribution is 6.16. The Kier molecular flexibility index (Phi) is 1.97. The molecule has 0 fully saturated rings. The van der Waals surface area contributed by atoms with Crippen LogP contribution in [-0.4, -0.2) is 25.5 Å². The fourth-order valence-electron chi connectivity index (χ4n) is 0.895. The van der Waals surface area contributed by atoms with Gasteiger partial charge in [-0.15, -0.1) is 11.6 Å². The zero-order valence-electron chi connectivity index (χ0n) is 6.78. The summed E-state index contributed by atoms with van der Waals surface area (Å²) in [6.07, 6.45) is 0. The standard InChI is InChI=1S/C6H6ClN5O/c1-3-5(12-13-11-3)6-8-4(2-7)9-10-6/h2H2,1H3,(H,8,9,10). The normalized spacial score (nSPS) is 10.6. The van der Waals surface area contributed by atoms with Crippen molar-refractivity contribution < 1.29 is 4.63 Å². The lowest BCUT2D eigenvalue weighted by molar-refractivity contribution is 0.305. The number of rotatable bonds is 2. The molecule has 0 atom stereocenters. The van der Waals surface area contributed by atoms with Gasteiger partial charge < -0.3 is 0 Å². The highest BCUT2D eigenvalue weighted by Gasteiger charge is 2.12. The lowest BCUT2D eigenvalue weighted by Gasteiger charge is -1.83. The van der Waals surface area contributed by atoms with E-state index in [4.69, 9.17) is 11.6 Å². The molecule has 0 bridgehead atoms. The topological polar surface area (TPSA) is 80.5 Å². The first kappa shape index (κ1) is 8.18. The van der Waals surface area contributed by atoms with E-state index in [1.165, 1.54) is 0 Å². The maximum absolute atomic E-state index is 5.55. The molecule has 0 aliphatic rings. The second-order valence-corrected chi connectivity index (χ2v) is 2.70. The molecule has 0 saturated carbocycles. The summed E-state index contributed by atoms with van der Waals surface area (Å²) in [5.41, 5.74) is 1.19. The maximum Gasteiger partial charge on any atom is 0.205 e. The van der Waals surface area contributed by atoms with Crippen molar-refractivity contribution >= 4 is 11.6 Å². The molecule has 2 aromatic heterocycles. The van der Waals surface area contributed by atoms with E-state index in [-0.39, 0.29) is 5.88 Å². The van der Waals surface area contributed by atoms with Gasteiger partial charge in [0.05, 0.1) is 5.88 Å². The molecule has 0 saturated heterocycles. The van der Waals surface area contributed by atoms with Crippen LogP contribution < -0.4 is 0 Å². The molecular formula is C6H6ClN5O. The number of alkyl halides is 1. The highest BCUT2D eigenvalue weighted by atomic mass is 35.5. The van der Waals surface area contributed by atoms with Gasteiger partial charge in [-0.3, -0.25) is 5.10 Å². The summed E-state index contributed by atoms with van der Waals surface area (Å²) in [6.45, 7) is 1.77. The predicted molar refractivity (Wildman–Crippen MR) is 44.0 cm³/mol. The molecule has 6 nitrogen and oxygen atoms in total. The van der Waals surface area contributed by atoms with Crippen LogP contribution in [0.3, 0.4) is 0 Å². The van der Waals surface area contributed by atoms with Gasteiger partial charge in [-0.25, -0.2) is 9.61 Å². The van der Waals surface area contributed by atoms with Crippen molar-refractivity contribution in [2.45, 2.75) is 12.8 Å². The van der Waals surface area contributed by atoms with E-state index in [0.717, 1.165) is 0 Å². The average molecular weight is 200 g/mol. The lowest BCUT2D eigenvalue weighted by Crippen LogP contribution is -1.84. The second kappa shape index (κ2) is 3.14. The molecule has 13 heavy (non-hydrogen) atoms. The molecule has 0 unspecified atom stereocenters. The van der Waals surface area contributed by atoms with Gasteiger partial charge in [0.1, 0.15) is 11.5 Å². The Morgan fingerprint density at radius 2 is 2.31 bits per heavy atom. The van der Waals surface area contributed by atoms with E-state index < -0.39 is 0 Å². The average Bonchev–Trinajstić information content (AvgIpc) is 2.71. The number of aromatic amines is 1. The van der Waals surface area contributed by atoms with Gasteiger partial charge >= 0.3 is 0 Å². The number of hydrogen-bond acceptors (Lipinski definition) is 5. The van der Waals surface area contributed by atoms with E-state index in [2.05, 4.69) is 30.1 Å². The van der Waals surface area contributed by atoms with Gasteiger partial charge in [0.15, 0.2) is 5.69 Å².